The lowest BCUT2D eigenvalue weighted by molar-refractivity contribution is 0.672. The normalized spacial score (nSPS) is 11.1. The summed E-state index contributed by atoms with van der Waals surface area (Å²) in [5, 5.41) is 4.58. The number of pyridine rings is 1. The van der Waals surface area contributed by atoms with Gasteiger partial charge in [0, 0.05) is 30.2 Å². The van der Waals surface area contributed by atoms with E-state index in [1.54, 1.807) is 10.6 Å². The molecule has 0 fully saturated rings. The number of fused-ring (bicyclic) bond motifs is 1. The molecule has 0 aliphatic rings. The van der Waals surface area contributed by atoms with Crippen molar-refractivity contribution in [3.63, 3.8) is 0 Å². The predicted molar refractivity (Wildman–Crippen MR) is 77.2 cm³/mol. The average Bonchev–Trinajstić information content (AvgIpc) is 2.41. The molecule has 96 valence electrons. The molecule has 0 radical (unpaired) electrons. The molecule has 18 heavy (non-hydrogen) atoms. The summed E-state index contributed by atoms with van der Waals surface area (Å²) in [5.74, 6) is 0. The molecule has 2 aromatic rings. The zero-order chi connectivity index (χ0) is 13.1. The summed E-state index contributed by atoms with van der Waals surface area (Å²) in [4.78, 5) is 11.9. The number of aryl methyl sites for hydroxylation is 1. The Hall–Kier alpha value is -1.77. The quantitative estimate of drug-likeness (QED) is 0.896. The van der Waals surface area contributed by atoms with Crippen LogP contribution >= 0.6 is 0 Å². The number of benzene rings is 1. The van der Waals surface area contributed by atoms with E-state index in [-0.39, 0.29) is 5.56 Å². The summed E-state index contributed by atoms with van der Waals surface area (Å²) < 4.78 is 1.69. The SMILES string of the molecule is CCC(CC)Nc1cc(=O)n(C)c2ccccc12. The summed E-state index contributed by atoms with van der Waals surface area (Å²) in [5.41, 5.74) is 1.95. The Morgan fingerprint density at radius 3 is 2.56 bits per heavy atom. The minimum atomic E-state index is 0.0298. The first-order valence-corrected chi connectivity index (χ1v) is 6.52. The van der Waals surface area contributed by atoms with E-state index >= 15 is 0 Å². The third-order valence-corrected chi connectivity index (χ3v) is 3.50. The molecule has 1 aromatic carbocycles. The summed E-state index contributed by atoms with van der Waals surface area (Å²) in [7, 11) is 1.81. The van der Waals surface area contributed by atoms with Crippen LogP contribution in [-0.4, -0.2) is 10.6 Å². The Morgan fingerprint density at radius 2 is 1.89 bits per heavy atom. The van der Waals surface area contributed by atoms with E-state index in [1.165, 1.54) is 0 Å². The molecule has 3 heteroatoms. The van der Waals surface area contributed by atoms with Gasteiger partial charge in [0.15, 0.2) is 0 Å². The summed E-state index contributed by atoms with van der Waals surface area (Å²) in [6.45, 7) is 4.31. The highest BCUT2D eigenvalue weighted by Gasteiger charge is 2.09. The lowest BCUT2D eigenvalue weighted by Crippen LogP contribution is -2.22. The van der Waals surface area contributed by atoms with Gasteiger partial charge in [0.25, 0.3) is 5.56 Å². The number of para-hydroxylation sites is 1. The van der Waals surface area contributed by atoms with Gasteiger partial charge in [-0.25, -0.2) is 0 Å². The molecule has 2 rings (SSSR count). The van der Waals surface area contributed by atoms with E-state index in [0.717, 1.165) is 29.4 Å². The lowest BCUT2D eigenvalue weighted by atomic mass is 10.1. The molecule has 0 aliphatic heterocycles. The van der Waals surface area contributed by atoms with Crippen molar-refractivity contribution in [1.82, 2.24) is 4.57 Å². The van der Waals surface area contributed by atoms with Crippen molar-refractivity contribution in [2.45, 2.75) is 32.7 Å². The van der Waals surface area contributed by atoms with Gasteiger partial charge >= 0.3 is 0 Å². The maximum atomic E-state index is 11.9. The molecule has 0 aliphatic carbocycles. The summed E-state index contributed by atoms with van der Waals surface area (Å²) in [6.07, 6.45) is 2.11. The van der Waals surface area contributed by atoms with Crippen LogP contribution in [0.2, 0.25) is 0 Å². The van der Waals surface area contributed by atoms with Crippen LogP contribution < -0.4 is 10.9 Å². The molecule has 0 amide bonds. The number of nitrogens with one attached hydrogen (secondary N) is 1. The zero-order valence-corrected chi connectivity index (χ0v) is 11.2. The maximum absolute atomic E-state index is 11.9. The molecule has 0 bridgehead atoms. The molecule has 3 nitrogen and oxygen atoms in total. The number of rotatable bonds is 4. The Bertz CT molecular complexity index is 597. The van der Waals surface area contributed by atoms with Gasteiger partial charge in [0.05, 0.1) is 5.52 Å². The summed E-state index contributed by atoms with van der Waals surface area (Å²) >= 11 is 0. The molecular weight excluding hydrogens is 224 g/mol. The third kappa shape index (κ3) is 2.26. The van der Waals surface area contributed by atoms with Gasteiger partial charge in [-0.3, -0.25) is 4.79 Å². The summed E-state index contributed by atoms with van der Waals surface area (Å²) in [6, 6.07) is 10.1. The fraction of sp³-hybridized carbons (Fsp3) is 0.400. The molecule has 1 aromatic heterocycles. The average molecular weight is 244 g/mol. The Morgan fingerprint density at radius 1 is 1.22 bits per heavy atom. The van der Waals surface area contributed by atoms with E-state index in [1.807, 2.05) is 25.2 Å². The van der Waals surface area contributed by atoms with E-state index in [2.05, 4.69) is 25.2 Å². The van der Waals surface area contributed by atoms with Gasteiger partial charge in [-0.15, -0.1) is 0 Å². The fourth-order valence-electron chi connectivity index (χ4n) is 2.24. The Balaban J connectivity index is 2.57. The molecule has 1 heterocycles. The van der Waals surface area contributed by atoms with Crippen LogP contribution in [0.15, 0.2) is 35.1 Å². The molecule has 0 unspecified atom stereocenters. The van der Waals surface area contributed by atoms with Crippen molar-refractivity contribution in [2.75, 3.05) is 5.32 Å². The second-order valence-corrected chi connectivity index (χ2v) is 4.63. The van der Waals surface area contributed by atoms with Gasteiger partial charge in [0.2, 0.25) is 0 Å². The van der Waals surface area contributed by atoms with Gasteiger partial charge < -0.3 is 9.88 Å². The number of nitrogens with zero attached hydrogens (tertiary/aromatic N) is 1. The standard InChI is InChI=1S/C15H20N2O/c1-4-11(5-2)16-13-10-15(18)17(3)14-9-7-6-8-12(13)14/h6-11,16H,4-5H2,1-3H3. The molecule has 0 spiro atoms. The van der Waals surface area contributed by atoms with E-state index in [9.17, 15) is 4.79 Å². The van der Waals surface area contributed by atoms with Crippen LogP contribution in [0.1, 0.15) is 26.7 Å². The molecule has 0 saturated heterocycles. The highest BCUT2D eigenvalue weighted by Crippen LogP contribution is 2.22. The minimum Gasteiger partial charge on any atom is -0.382 e. The van der Waals surface area contributed by atoms with E-state index in [4.69, 9.17) is 0 Å². The fourth-order valence-corrected chi connectivity index (χ4v) is 2.24. The first-order valence-electron chi connectivity index (χ1n) is 6.52. The first-order chi connectivity index (χ1) is 8.67. The second kappa shape index (κ2) is 5.25. The third-order valence-electron chi connectivity index (χ3n) is 3.50. The van der Waals surface area contributed by atoms with Crippen LogP contribution in [0.3, 0.4) is 0 Å². The van der Waals surface area contributed by atoms with Crippen LogP contribution in [0.5, 0.6) is 0 Å². The minimum absolute atomic E-state index is 0.0298. The Labute approximate surface area is 107 Å². The number of aromatic nitrogens is 1. The Kier molecular flexibility index (Phi) is 3.70. The van der Waals surface area contributed by atoms with E-state index in [0.29, 0.717) is 6.04 Å². The zero-order valence-electron chi connectivity index (χ0n) is 11.2. The topological polar surface area (TPSA) is 34.0 Å². The van der Waals surface area contributed by atoms with Crippen molar-refractivity contribution in [3.05, 3.63) is 40.7 Å². The molecule has 0 atom stereocenters. The van der Waals surface area contributed by atoms with Crippen LogP contribution in [0.4, 0.5) is 5.69 Å². The molecular formula is C15H20N2O. The lowest BCUT2D eigenvalue weighted by Gasteiger charge is -2.18. The number of hydrogen-bond donors (Lipinski definition) is 1. The van der Waals surface area contributed by atoms with Crippen LogP contribution in [0.25, 0.3) is 10.9 Å². The first kappa shape index (κ1) is 12.7. The van der Waals surface area contributed by atoms with Crippen LogP contribution in [0, 0.1) is 0 Å². The van der Waals surface area contributed by atoms with Crippen molar-refractivity contribution in [1.29, 1.82) is 0 Å². The highest BCUT2D eigenvalue weighted by atomic mass is 16.1. The maximum Gasteiger partial charge on any atom is 0.252 e. The van der Waals surface area contributed by atoms with Gasteiger partial charge in [-0.2, -0.15) is 0 Å². The molecule has 0 saturated carbocycles. The number of hydrogen-bond acceptors (Lipinski definition) is 2. The van der Waals surface area contributed by atoms with Gasteiger partial charge in [0.1, 0.15) is 0 Å². The van der Waals surface area contributed by atoms with Gasteiger partial charge in [-0.1, -0.05) is 32.0 Å². The number of anilines is 1. The van der Waals surface area contributed by atoms with Crippen molar-refractivity contribution >= 4 is 16.6 Å². The van der Waals surface area contributed by atoms with Crippen molar-refractivity contribution in [2.24, 2.45) is 7.05 Å². The smallest absolute Gasteiger partial charge is 0.252 e. The van der Waals surface area contributed by atoms with Gasteiger partial charge in [-0.05, 0) is 18.9 Å². The van der Waals surface area contributed by atoms with Crippen LogP contribution in [-0.2, 0) is 7.05 Å². The van der Waals surface area contributed by atoms with Crippen molar-refractivity contribution in [3.8, 4) is 0 Å². The largest absolute Gasteiger partial charge is 0.382 e. The second-order valence-electron chi connectivity index (χ2n) is 4.63. The van der Waals surface area contributed by atoms with E-state index < -0.39 is 0 Å². The van der Waals surface area contributed by atoms with Crippen molar-refractivity contribution < 1.29 is 0 Å². The monoisotopic (exact) mass is 244 g/mol. The predicted octanol–water partition coefficient (Wildman–Crippen LogP) is 3.14. The molecule has 1 N–H and O–H groups in total. The highest BCUT2D eigenvalue weighted by molar-refractivity contribution is 5.91.